The molecule has 0 aromatic rings. The Morgan fingerprint density at radius 1 is 1.53 bits per heavy atom. The Morgan fingerprint density at radius 3 is 2.60 bits per heavy atom. The minimum Gasteiger partial charge on any atom is -0.481 e. The van der Waals surface area contributed by atoms with E-state index in [1.54, 1.807) is 14.0 Å². The fourth-order valence-electron chi connectivity index (χ4n) is 1.18. The number of hydrogen-bond acceptors (Lipinski definition) is 3. The summed E-state index contributed by atoms with van der Waals surface area (Å²) in [5.74, 6) is -1.08. The summed E-state index contributed by atoms with van der Waals surface area (Å²) < 4.78 is 5.02. The number of carboxylic acid groups (broad SMARTS) is 1. The van der Waals surface area contributed by atoms with E-state index in [1.165, 1.54) is 0 Å². The Morgan fingerprint density at radius 2 is 2.13 bits per heavy atom. The van der Waals surface area contributed by atoms with Gasteiger partial charge in [-0.1, -0.05) is 20.8 Å². The van der Waals surface area contributed by atoms with Gasteiger partial charge in [0.05, 0.1) is 5.92 Å². The molecule has 0 heterocycles. The first-order chi connectivity index (χ1) is 6.89. The zero-order chi connectivity index (χ0) is 11.9. The van der Waals surface area contributed by atoms with Gasteiger partial charge in [0.25, 0.3) is 0 Å². The third-order valence-electron chi connectivity index (χ3n) is 2.46. The molecule has 0 spiro atoms. The molecule has 0 radical (unpaired) electrons. The summed E-state index contributed by atoms with van der Waals surface area (Å²) in [7, 11) is 1.69. The average Bonchev–Trinajstić information content (AvgIpc) is 2.14. The molecule has 0 amide bonds. The largest absolute Gasteiger partial charge is 0.481 e. The van der Waals surface area contributed by atoms with Crippen molar-refractivity contribution in [3.63, 3.8) is 0 Å². The predicted octanol–water partition coefficient (Wildman–Crippen LogP) is 1.36. The molecule has 90 valence electrons. The first-order valence-electron chi connectivity index (χ1n) is 5.31. The molecule has 2 N–H and O–H groups in total. The van der Waals surface area contributed by atoms with Crippen LogP contribution in [-0.4, -0.2) is 37.9 Å². The fraction of sp³-hybridized carbons (Fsp3) is 0.909. The molecule has 0 fully saturated rings. The third kappa shape index (κ3) is 7.33. The second-order valence-electron chi connectivity index (χ2n) is 4.78. The Bertz CT molecular complexity index is 192. The fourth-order valence-corrected chi connectivity index (χ4v) is 1.18. The average molecular weight is 217 g/mol. The van der Waals surface area contributed by atoms with Crippen LogP contribution < -0.4 is 5.32 Å². The van der Waals surface area contributed by atoms with Gasteiger partial charge in [-0.2, -0.15) is 0 Å². The lowest BCUT2D eigenvalue weighted by Gasteiger charge is -2.25. The number of carbonyl (C=O) groups is 1. The monoisotopic (exact) mass is 217 g/mol. The molecule has 0 saturated carbocycles. The van der Waals surface area contributed by atoms with Gasteiger partial charge >= 0.3 is 5.97 Å². The van der Waals surface area contributed by atoms with E-state index in [1.807, 2.05) is 0 Å². The van der Waals surface area contributed by atoms with Crippen LogP contribution in [-0.2, 0) is 9.53 Å². The van der Waals surface area contributed by atoms with Crippen LogP contribution in [0.15, 0.2) is 0 Å². The van der Waals surface area contributed by atoms with Gasteiger partial charge in [0, 0.05) is 26.8 Å². The first-order valence-corrected chi connectivity index (χ1v) is 5.31. The molecule has 0 aliphatic carbocycles. The van der Waals surface area contributed by atoms with Gasteiger partial charge in [0.15, 0.2) is 0 Å². The van der Waals surface area contributed by atoms with Crippen LogP contribution in [0.2, 0.25) is 0 Å². The normalized spacial score (nSPS) is 13.9. The van der Waals surface area contributed by atoms with Gasteiger partial charge in [-0.25, -0.2) is 0 Å². The van der Waals surface area contributed by atoms with Gasteiger partial charge in [-0.05, 0) is 11.8 Å². The summed E-state index contributed by atoms with van der Waals surface area (Å²) >= 11 is 0. The topological polar surface area (TPSA) is 58.6 Å². The number of nitrogens with one attached hydrogen (secondary N) is 1. The minimum atomic E-state index is -0.753. The lowest BCUT2D eigenvalue weighted by Crippen LogP contribution is -2.34. The molecule has 0 bridgehead atoms. The number of ether oxygens (including phenoxy) is 1. The highest BCUT2D eigenvalue weighted by Gasteiger charge is 2.18. The van der Waals surface area contributed by atoms with Crippen LogP contribution in [0.25, 0.3) is 0 Å². The molecular weight excluding hydrogens is 194 g/mol. The maximum Gasteiger partial charge on any atom is 0.307 e. The quantitative estimate of drug-likeness (QED) is 0.644. The minimum absolute atomic E-state index is 0.147. The first kappa shape index (κ1) is 14.4. The van der Waals surface area contributed by atoms with E-state index >= 15 is 0 Å². The third-order valence-corrected chi connectivity index (χ3v) is 2.46. The van der Waals surface area contributed by atoms with Gasteiger partial charge in [-0.3, -0.25) is 4.79 Å². The summed E-state index contributed by atoms with van der Waals surface area (Å²) in [4.78, 5) is 10.6. The van der Waals surface area contributed by atoms with E-state index < -0.39 is 5.97 Å². The van der Waals surface area contributed by atoms with Crippen molar-refractivity contribution in [1.29, 1.82) is 0 Å². The number of hydrogen-bond donors (Lipinski definition) is 2. The van der Waals surface area contributed by atoms with Crippen LogP contribution in [0.4, 0.5) is 0 Å². The standard InChI is InChI=1S/C11H23NO3/c1-9(10(13)14)7-12-8-11(2,3)5-6-15-4/h9,12H,5-8H2,1-4H3,(H,13,14). The van der Waals surface area contributed by atoms with Crippen LogP contribution in [0.5, 0.6) is 0 Å². The molecule has 15 heavy (non-hydrogen) atoms. The van der Waals surface area contributed by atoms with E-state index in [9.17, 15) is 4.79 Å². The molecule has 1 atom stereocenters. The molecule has 4 heteroatoms. The Balaban J connectivity index is 3.69. The lowest BCUT2D eigenvalue weighted by atomic mass is 9.89. The highest BCUT2D eigenvalue weighted by Crippen LogP contribution is 2.18. The van der Waals surface area contributed by atoms with Crippen molar-refractivity contribution in [3.05, 3.63) is 0 Å². The van der Waals surface area contributed by atoms with E-state index in [2.05, 4.69) is 19.2 Å². The zero-order valence-corrected chi connectivity index (χ0v) is 10.2. The number of rotatable bonds is 8. The SMILES string of the molecule is COCCC(C)(C)CNCC(C)C(=O)O. The number of carboxylic acids is 1. The molecule has 0 aliphatic heterocycles. The maximum atomic E-state index is 10.6. The Labute approximate surface area is 92.0 Å². The molecule has 0 aromatic heterocycles. The van der Waals surface area contributed by atoms with E-state index in [0.29, 0.717) is 6.54 Å². The van der Waals surface area contributed by atoms with E-state index in [4.69, 9.17) is 9.84 Å². The summed E-state index contributed by atoms with van der Waals surface area (Å²) in [5, 5.41) is 11.9. The van der Waals surface area contributed by atoms with Crippen molar-refractivity contribution in [2.24, 2.45) is 11.3 Å². The Hall–Kier alpha value is -0.610. The predicted molar refractivity (Wildman–Crippen MR) is 59.9 cm³/mol. The van der Waals surface area contributed by atoms with Gasteiger partial charge in [0.1, 0.15) is 0 Å². The summed E-state index contributed by atoms with van der Waals surface area (Å²) in [6.45, 7) is 8.06. The smallest absolute Gasteiger partial charge is 0.307 e. The molecule has 0 aliphatic rings. The number of methoxy groups -OCH3 is 1. The maximum absolute atomic E-state index is 10.6. The highest BCUT2D eigenvalue weighted by atomic mass is 16.5. The molecule has 4 nitrogen and oxygen atoms in total. The zero-order valence-electron chi connectivity index (χ0n) is 10.2. The second kappa shape index (κ2) is 6.80. The van der Waals surface area contributed by atoms with Crippen molar-refractivity contribution < 1.29 is 14.6 Å². The summed E-state index contributed by atoms with van der Waals surface area (Å²) in [6, 6.07) is 0. The van der Waals surface area contributed by atoms with Crippen LogP contribution in [0.1, 0.15) is 27.2 Å². The summed E-state index contributed by atoms with van der Waals surface area (Å²) in [5.41, 5.74) is 0.147. The molecule has 1 unspecified atom stereocenters. The van der Waals surface area contributed by atoms with Crippen molar-refractivity contribution in [3.8, 4) is 0 Å². The van der Waals surface area contributed by atoms with Crippen LogP contribution in [0, 0.1) is 11.3 Å². The molecule has 0 rings (SSSR count). The Kier molecular flexibility index (Phi) is 6.52. The lowest BCUT2D eigenvalue weighted by molar-refractivity contribution is -0.140. The van der Waals surface area contributed by atoms with Crippen LogP contribution in [0.3, 0.4) is 0 Å². The molecular formula is C11H23NO3. The summed E-state index contributed by atoms with van der Waals surface area (Å²) in [6.07, 6.45) is 0.970. The van der Waals surface area contributed by atoms with Crippen molar-refractivity contribution in [2.75, 3.05) is 26.8 Å². The van der Waals surface area contributed by atoms with Gasteiger partial charge in [-0.15, -0.1) is 0 Å². The van der Waals surface area contributed by atoms with E-state index in [-0.39, 0.29) is 11.3 Å². The van der Waals surface area contributed by atoms with Crippen molar-refractivity contribution >= 4 is 5.97 Å². The molecule has 0 aromatic carbocycles. The second-order valence-corrected chi connectivity index (χ2v) is 4.78. The molecule has 0 saturated heterocycles. The number of aliphatic carboxylic acids is 1. The van der Waals surface area contributed by atoms with Gasteiger partial charge in [0.2, 0.25) is 0 Å². The van der Waals surface area contributed by atoms with E-state index in [0.717, 1.165) is 19.6 Å². The van der Waals surface area contributed by atoms with Crippen LogP contribution >= 0.6 is 0 Å². The van der Waals surface area contributed by atoms with Crippen molar-refractivity contribution in [1.82, 2.24) is 5.32 Å². The van der Waals surface area contributed by atoms with Gasteiger partial charge < -0.3 is 15.2 Å². The van der Waals surface area contributed by atoms with Crippen molar-refractivity contribution in [2.45, 2.75) is 27.2 Å². The highest BCUT2D eigenvalue weighted by molar-refractivity contribution is 5.69.